The van der Waals surface area contributed by atoms with Gasteiger partial charge in [0.15, 0.2) is 0 Å². The molecular weight excluding hydrogens is 1820 g/mol. The zero-order valence-electron chi connectivity index (χ0n) is 76.0. The van der Waals surface area contributed by atoms with Gasteiger partial charge in [-0.1, -0.05) is 74.8 Å². The summed E-state index contributed by atoms with van der Waals surface area (Å²) in [6, 6.07) is 8.63. The molecule has 16 rings (SSSR count). The zero-order chi connectivity index (χ0) is 92.1. The maximum atomic E-state index is 9.89. The lowest BCUT2D eigenvalue weighted by molar-refractivity contribution is 0.125. The first-order valence-electron chi connectivity index (χ1n) is 47.2. The fourth-order valence-corrected chi connectivity index (χ4v) is 18.5. The third-order valence-corrected chi connectivity index (χ3v) is 26.7. The average molecular weight is 1960 g/mol. The minimum atomic E-state index is -1.64. The molecule has 0 aromatic carbocycles. The van der Waals surface area contributed by atoms with E-state index in [1.54, 1.807) is 13.3 Å². The summed E-state index contributed by atoms with van der Waals surface area (Å²) in [5.74, 6) is 4.66. The van der Waals surface area contributed by atoms with Crippen LogP contribution in [0.4, 0.5) is 35.2 Å². The largest absolute Gasteiger partial charge is 0.496 e. The molecule has 0 unspecified atom stereocenters. The Labute approximate surface area is 801 Å². The number of aromatic nitrogens is 12. The summed E-state index contributed by atoms with van der Waals surface area (Å²) in [5.41, 5.74) is 14.5. The van der Waals surface area contributed by atoms with Gasteiger partial charge < -0.3 is 72.8 Å². The molecule has 8 aliphatic rings. The highest BCUT2D eigenvalue weighted by Crippen LogP contribution is 2.38. The van der Waals surface area contributed by atoms with E-state index < -0.39 is 7.12 Å². The molecule has 0 bridgehead atoms. The summed E-state index contributed by atoms with van der Waals surface area (Å²) in [5, 5.41) is 80.3. The number of methoxy groups -OCH3 is 1. The molecule has 130 heavy (non-hydrogen) atoms. The summed E-state index contributed by atoms with van der Waals surface area (Å²) < 4.78 is 6.54. The van der Waals surface area contributed by atoms with Crippen LogP contribution in [0.15, 0.2) is 78.4 Å². The second-order valence-electron chi connectivity index (χ2n) is 35.2. The van der Waals surface area contributed by atoms with Crippen molar-refractivity contribution in [2.24, 2.45) is 5.73 Å². The highest BCUT2D eigenvalue weighted by molar-refractivity contribution is 9.10. The van der Waals surface area contributed by atoms with Crippen molar-refractivity contribution in [3.63, 3.8) is 0 Å². The second kappa shape index (κ2) is 55.2. The van der Waals surface area contributed by atoms with E-state index in [2.05, 4.69) is 128 Å². The average Bonchev–Trinajstić information content (AvgIpc) is 0.831. The van der Waals surface area contributed by atoms with Crippen LogP contribution in [0.25, 0.3) is 33.8 Å². The lowest BCUT2D eigenvalue weighted by Gasteiger charge is -2.27. The molecule has 8 aromatic heterocycles. The maximum absolute atomic E-state index is 9.89. The van der Waals surface area contributed by atoms with Crippen molar-refractivity contribution >= 4 is 122 Å². The third kappa shape index (κ3) is 33.9. The number of rotatable bonds is 31. The number of halogens is 6. The highest BCUT2D eigenvalue weighted by Gasteiger charge is 2.30. The Balaban J connectivity index is 0.000000159. The van der Waals surface area contributed by atoms with Crippen LogP contribution in [0.2, 0.25) is 25.6 Å². The van der Waals surface area contributed by atoms with Gasteiger partial charge >= 0.3 is 7.12 Å². The van der Waals surface area contributed by atoms with Crippen LogP contribution in [0.3, 0.4) is 0 Å². The summed E-state index contributed by atoms with van der Waals surface area (Å²) >= 11 is 34.4. The van der Waals surface area contributed by atoms with Crippen LogP contribution >= 0.6 is 73.9 Å². The van der Waals surface area contributed by atoms with Crippen molar-refractivity contribution < 1.29 is 35.2 Å². The van der Waals surface area contributed by atoms with Gasteiger partial charge in [0.2, 0.25) is 22.5 Å². The van der Waals surface area contributed by atoms with E-state index in [4.69, 9.17) is 88.4 Å². The molecule has 4 saturated carbocycles. The SMILES string of the molecule is CCCCN.CCCCNc1ncc(-c2cc(Cl)c(CN3CCCC3)cn2)c(NC2CCC(O)CC2)n1.CCCCNc1ncc(-c2cc(OC)c(CN3CCCC3)cn2)c(NC2CCC(O)CC2)n1.Clc1cc(Br)ncc1CN1CCCC1.OB(O)c1cnc(Cl)nc1NC1CCC(O)CC1.OC1CCC(Nc2nc(Cl)ncc2-c2cc(Cl)c(CN3CCCC3)cn2)CC1. The standard InChI is InChI=1S/C25H38N6O2.C24H35ClN6O.C20H25Cl2N5O.C10H15BClN3O3.C10H12BrClN2.C4H11N/c1-3-4-11-26-25-28-16-21(24(30-25)29-19-7-9-20(32)10-8-19)22-14-23(33-2)18(15-27-22)17-31-12-5-6-13-31;1-2-3-10-26-24-28-15-20(23(30-24)29-18-6-8-19(32)9-7-18)22-13-21(25)17(14-27-22)16-31-11-4-5-12-31;21-17-9-18(23-10-13(17)12-27-7-1-2-8-27)16-11-24-20(22)26-19(16)25-14-3-5-15(28)6-4-14;12-10-13-5-8(11(17)18)9(15-10)14-6-1-3-7(16)4-2-6;11-10-5-9(12)8(6-13-10)7-14-3-1-2-4-14;1-2-3-4-5/h14-16,19-20,32H,3-13,17H2,1-2H3,(H2,26,28,29,30);13-15,18-19,32H,2-12,16H2,1H3,(H2,26,28,29,30);9-11,14-15,28H,1-8,12H2,(H,24,25,26);5-7,16-18H,1-4H2,(H,13,14,15);5-6H,1-4,7H2;2-5H2,1H3. The van der Waals surface area contributed by atoms with Crippen molar-refractivity contribution in [1.29, 1.82) is 0 Å². The van der Waals surface area contributed by atoms with Gasteiger partial charge in [0, 0.05) is 162 Å². The van der Waals surface area contributed by atoms with E-state index in [0.29, 0.717) is 28.6 Å². The zero-order valence-corrected chi connectivity index (χ0v) is 81.4. The number of unbranched alkanes of at least 4 members (excludes halogenated alkanes) is 3. The molecule has 0 spiro atoms. The normalized spacial score (nSPS) is 21.2. The number of likely N-dealkylation sites (tertiary alicyclic amines) is 4. The molecule has 30 nitrogen and oxygen atoms in total. The van der Waals surface area contributed by atoms with E-state index in [9.17, 15) is 30.5 Å². The van der Waals surface area contributed by atoms with Crippen molar-refractivity contribution in [2.45, 2.75) is 288 Å². The number of nitrogens with two attached hydrogens (primary N) is 1. The first-order chi connectivity index (χ1) is 63.1. The molecule has 4 saturated heterocycles. The number of aliphatic hydroxyl groups excluding tert-OH is 4. The number of anilines is 6. The number of nitrogens with one attached hydrogen (secondary N) is 6. The van der Waals surface area contributed by atoms with Crippen LogP contribution in [0.1, 0.15) is 236 Å². The van der Waals surface area contributed by atoms with Gasteiger partial charge in [0.1, 0.15) is 33.6 Å². The fraction of sp³-hybridized carbons (Fsp3) is 0.613. The smallest absolute Gasteiger partial charge is 0.493 e. The van der Waals surface area contributed by atoms with Crippen LogP contribution in [-0.4, -0.2) is 245 Å². The molecule has 0 atom stereocenters. The molecule has 4 aliphatic carbocycles. The lowest BCUT2D eigenvalue weighted by atomic mass is 9.81. The van der Waals surface area contributed by atoms with Gasteiger partial charge in [-0.3, -0.25) is 34.6 Å². The fourth-order valence-electron chi connectivity index (χ4n) is 17.1. The first kappa shape index (κ1) is 104. The summed E-state index contributed by atoms with van der Waals surface area (Å²) in [6.45, 7) is 21.6. The van der Waals surface area contributed by atoms with E-state index in [-0.39, 0.29) is 64.6 Å². The van der Waals surface area contributed by atoms with E-state index in [1.165, 1.54) is 83.5 Å². The van der Waals surface area contributed by atoms with Crippen LogP contribution in [-0.2, 0) is 26.2 Å². The van der Waals surface area contributed by atoms with E-state index in [1.807, 2.05) is 61.4 Å². The monoisotopic (exact) mass is 1950 g/mol. The Morgan fingerprint density at radius 1 is 0.392 bits per heavy atom. The van der Waals surface area contributed by atoms with Gasteiger partial charge in [-0.05, 0) is 290 Å². The number of ether oxygens (including phenoxy) is 1. The summed E-state index contributed by atoms with van der Waals surface area (Å²) in [7, 11) is 0.0787. The van der Waals surface area contributed by atoms with Crippen molar-refractivity contribution in [3.8, 4) is 39.5 Å². The molecule has 12 heterocycles. The van der Waals surface area contributed by atoms with Crippen molar-refractivity contribution in [2.75, 3.05) is 111 Å². The molecule has 8 aromatic rings. The van der Waals surface area contributed by atoms with Gasteiger partial charge in [-0.2, -0.15) is 9.97 Å². The molecule has 37 heteroatoms. The van der Waals surface area contributed by atoms with E-state index >= 15 is 0 Å². The molecule has 4 aliphatic heterocycles. The number of nitrogens with zero attached hydrogens (tertiary/aromatic N) is 16. The first-order valence-corrected chi connectivity index (χ1v) is 49.9. The number of pyridine rings is 4. The van der Waals surface area contributed by atoms with Crippen molar-refractivity contribution in [1.82, 2.24) is 79.4 Å². The van der Waals surface area contributed by atoms with Crippen LogP contribution < -0.4 is 47.8 Å². The number of aliphatic hydroxyl groups is 4. The Kier molecular flexibility index (Phi) is 44.0. The summed E-state index contributed by atoms with van der Waals surface area (Å²) in [6.07, 6.45) is 43.7. The minimum Gasteiger partial charge on any atom is -0.496 e. The second-order valence-corrected chi connectivity index (χ2v) is 37.9. The predicted molar refractivity (Wildman–Crippen MR) is 528 cm³/mol. The maximum Gasteiger partial charge on any atom is 0.493 e. The Morgan fingerprint density at radius 3 is 1.05 bits per heavy atom. The molecule has 710 valence electrons. The Bertz CT molecular complexity index is 4690. The Hall–Kier alpha value is -6.93. The van der Waals surface area contributed by atoms with Gasteiger partial charge in [-0.15, -0.1) is 0 Å². The molecule has 8 fully saturated rings. The highest BCUT2D eigenvalue weighted by atomic mass is 79.9. The van der Waals surface area contributed by atoms with Gasteiger partial charge in [-0.25, -0.2) is 34.9 Å². The topological polar surface area (TPSA) is 396 Å². The van der Waals surface area contributed by atoms with Gasteiger partial charge in [0.25, 0.3) is 0 Å². The van der Waals surface area contributed by atoms with Crippen molar-refractivity contribution in [3.05, 3.63) is 126 Å². The predicted octanol–water partition coefficient (Wildman–Crippen LogP) is 16.3. The number of hydrogen-bond donors (Lipinski definition) is 13. The molecular formula is C93H136BBrCl5N23O7. The van der Waals surface area contributed by atoms with Crippen LogP contribution in [0.5, 0.6) is 5.75 Å². The number of hydrogen-bond acceptors (Lipinski definition) is 30. The molecule has 0 radical (unpaired) electrons. The Morgan fingerprint density at radius 2 is 0.708 bits per heavy atom. The third-order valence-electron chi connectivity index (χ3n) is 24.9. The minimum absolute atomic E-state index is 0.0535. The lowest BCUT2D eigenvalue weighted by Crippen LogP contribution is -2.37. The summed E-state index contributed by atoms with van der Waals surface area (Å²) in [4.78, 5) is 62.9. The van der Waals surface area contributed by atoms with Gasteiger partial charge in [0.05, 0.1) is 65.3 Å². The molecule has 0 amide bonds. The van der Waals surface area contributed by atoms with E-state index in [0.717, 1.165) is 302 Å². The van der Waals surface area contributed by atoms with Crippen LogP contribution in [0, 0.1) is 0 Å². The molecule has 14 N–H and O–H groups in total. The quantitative estimate of drug-likeness (QED) is 0.00830.